The molecule has 14 heavy (non-hydrogen) atoms. The quantitative estimate of drug-likeness (QED) is 0.590. The number of carbonyl (C=O) groups excluding carboxylic acids is 1. The number of rotatable bonds is 1. The topological polar surface area (TPSA) is 50.1 Å². The van der Waals surface area contributed by atoms with Crippen molar-refractivity contribution in [2.75, 3.05) is 7.11 Å². The molecule has 1 rings (SSSR count). The van der Waals surface area contributed by atoms with Gasteiger partial charge in [-0.15, -0.1) is 0 Å². The van der Waals surface area contributed by atoms with Gasteiger partial charge in [-0.1, -0.05) is 0 Å². The molecule has 0 N–H and O–H groups in total. The van der Waals surface area contributed by atoms with Crippen LogP contribution < -0.4 is 0 Å². The first kappa shape index (κ1) is 11.0. The third-order valence-electron chi connectivity index (χ3n) is 1.82. The highest BCUT2D eigenvalue weighted by atomic mass is 127. The minimum absolute atomic E-state index is 0.379. The van der Waals surface area contributed by atoms with Crippen LogP contribution in [-0.4, -0.2) is 13.1 Å². The van der Waals surface area contributed by atoms with Gasteiger partial charge in [0.25, 0.3) is 0 Å². The maximum Gasteiger partial charge on any atom is 0.337 e. The molecule has 0 saturated carbocycles. The fraction of sp³-hybridized carbons (Fsp3) is 0.200. The van der Waals surface area contributed by atoms with E-state index in [0.29, 0.717) is 11.1 Å². The molecule has 0 aliphatic rings. The van der Waals surface area contributed by atoms with Gasteiger partial charge < -0.3 is 4.74 Å². The average molecular weight is 301 g/mol. The molecule has 0 unspecified atom stereocenters. The molecule has 0 aliphatic carbocycles. The molecule has 0 atom stereocenters. The highest BCUT2D eigenvalue weighted by Gasteiger charge is 2.10. The molecule has 0 aromatic heterocycles. The zero-order chi connectivity index (χ0) is 10.7. The van der Waals surface area contributed by atoms with Gasteiger partial charge in [-0.05, 0) is 47.2 Å². The van der Waals surface area contributed by atoms with Gasteiger partial charge in [-0.25, -0.2) is 4.79 Å². The third-order valence-corrected chi connectivity index (χ3v) is 2.67. The number of nitrogens with zero attached hydrogens (tertiary/aromatic N) is 1. The van der Waals surface area contributed by atoms with Crippen molar-refractivity contribution >= 4 is 28.6 Å². The highest BCUT2D eigenvalue weighted by Crippen LogP contribution is 2.18. The molecule has 4 heteroatoms. The SMILES string of the molecule is COC(=O)c1cc(C)c(C#N)c(I)c1. The third kappa shape index (κ3) is 2.04. The molecular weight excluding hydrogens is 293 g/mol. The first-order valence-corrected chi connectivity index (χ1v) is 4.96. The number of hydrogen-bond acceptors (Lipinski definition) is 3. The van der Waals surface area contributed by atoms with E-state index in [-0.39, 0.29) is 5.97 Å². The van der Waals surface area contributed by atoms with Gasteiger partial charge in [0.2, 0.25) is 0 Å². The summed E-state index contributed by atoms with van der Waals surface area (Å²) < 4.78 is 5.36. The Hall–Kier alpha value is -1.09. The van der Waals surface area contributed by atoms with Crippen LogP contribution in [0.1, 0.15) is 21.5 Å². The van der Waals surface area contributed by atoms with Crippen molar-refractivity contribution in [2.45, 2.75) is 6.92 Å². The summed E-state index contributed by atoms with van der Waals surface area (Å²) in [6, 6.07) is 5.40. The predicted molar refractivity (Wildman–Crippen MR) is 60.0 cm³/mol. The van der Waals surface area contributed by atoms with Crippen LogP contribution in [0, 0.1) is 21.8 Å². The molecule has 1 aromatic carbocycles. The lowest BCUT2D eigenvalue weighted by Gasteiger charge is -2.04. The zero-order valence-electron chi connectivity index (χ0n) is 7.80. The summed E-state index contributed by atoms with van der Waals surface area (Å²) in [6.07, 6.45) is 0. The minimum Gasteiger partial charge on any atom is -0.465 e. The summed E-state index contributed by atoms with van der Waals surface area (Å²) in [5.74, 6) is -0.379. The largest absolute Gasteiger partial charge is 0.465 e. The van der Waals surface area contributed by atoms with E-state index in [1.807, 2.05) is 22.6 Å². The van der Waals surface area contributed by atoms with E-state index >= 15 is 0 Å². The Balaban J connectivity index is 3.29. The Morgan fingerprint density at radius 3 is 2.64 bits per heavy atom. The Morgan fingerprint density at radius 1 is 1.57 bits per heavy atom. The summed E-state index contributed by atoms with van der Waals surface area (Å²) in [5.41, 5.74) is 1.88. The number of methoxy groups -OCH3 is 1. The molecule has 0 amide bonds. The Labute approximate surface area is 95.8 Å². The zero-order valence-corrected chi connectivity index (χ0v) is 9.95. The minimum atomic E-state index is -0.379. The van der Waals surface area contributed by atoms with Crippen molar-refractivity contribution < 1.29 is 9.53 Å². The summed E-state index contributed by atoms with van der Waals surface area (Å²) >= 11 is 2.03. The summed E-state index contributed by atoms with van der Waals surface area (Å²) in [4.78, 5) is 11.2. The van der Waals surface area contributed by atoms with Crippen LogP contribution in [0.4, 0.5) is 0 Å². The van der Waals surface area contributed by atoms with Crippen molar-refractivity contribution in [2.24, 2.45) is 0 Å². The number of benzene rings is 1. The molecule has 3 nitrogen and oxygen atoms in total. The summed E-state index contributed by atoms with van der Waals surface area (Å²) in [5, 5.41) is 8.81. The van der Waals surface area contributed by atoms with E-state index in [0.717, 1.165) is 9.13 Å². The standard InChI is InChI=1S/C10H8INO2/c1-6-3-7(10(13)14-2)4-9(11)8(6)5-12/h3-4H,1-2H3. The number of ether oxygens (including phenoxy) is 1. The van der Waals surface area contributed by atoms with E-state index in [1.165, 1.54) is 7.11 Å². The van der Waals surface area contributed by atoms with Crippen LogP contribution in [0.15, 0.2) is 12.1 Å². The first-order chi connectivity index (χ1) is 6.60. The van der Waals surface area contributed by atoms with Crippen LogP contribution in [0.5, 0.6) is 0 Å². The lowest BCUT2D eigenvalue weighted by molar-refractivity contribution is 0.0600. The molecule has 0 spiro atoms. The second-order valence-corrected chi connectivity index (χ2v) is 3.92. The van der Waals surface area contributed by atoms with Gasteiger partial charge in [0, 0.05) is 3.57 Å². The smallest absolute Gasteiger partial charge is 0.337 e. The first-order valence-electron chi connectivity index (χ1n) is 3.88. The van der Waals surface area contributed by atoms with E-state index in [9.17, 15) is 4.79 Å². The normalized spacial score (nSPS) is 9.29. The van der Waals surface area contributed by atoms with Gasteiger partial charge in [0.15, 0.2) is 0 Å². The number of carbonyl (C=O) groups is 1. The number of hydrogen-bond donors (Lipinski definition) is 0. The summed E-state index contributed by atoms with van der Waals surface area (Å²) in [6.45, 7) is 1.80. The second kappa shape index (κ2) is 4.42. The van der Waals surface area contributed by atoms with E-state index in [2.05, 4.69) is 10.8 Å². The van der Waals surface area contributed by atoms with Gasteiger partial charge >= 0.3 is 5.97 Å². The maximum atomic E-state index is 11.2. The van der Waals surface area contributed by atoms with Crippen molar-refractivity contribution in [3.05, 3.63) is 32.4 Å². The molecule has 0 fully saturated rings. The van der Waals surface area contributed by atoms with E-state index in [1.54, 1.807) is 19.1 Å². The average Bonchev–Trinajstić information content (AvgIpc) is 2.16. The van der Waals surface area contributed by atoms with Crippen molar-refractivity contribution in [1.82, 2.24) is 0 Å². The van der Waals surface area contributed by atoms with Crippen molar-refractivity contribution in [3.63, 3.8) is 0 Å². The van der Waals surface area contributed by atoms with Gasteiger partial charge in [-0.2, -0.15) is 5.26 Å². The number of halogens is 1. The Bertz CT molecular complexity index is 398. The molecule has 0 bridgehead atoms. The number of aryl methyl sites for hydroxylation is 1. The van der Waals surface area contributed by atoms with E-state index < -0.39 is 0 Å². The van der Waals surface area contributed by atoms with Gasteiger partial charge in [-0.3, -0.25) is 0 Å². The molecule has 0 heterocycles. The Morgan fingerprint density at radius 2 is 2.21 bits per heavy atom. The van der Waals surface area contributed by atoms with Crippen LogP contribution in [-0.2, 0) is 4.74 Å². The highest BCUT2D eigenvalue weighted by molar-refractivity contribution is 14.1. The fourth-order valence-corrected chi connectivity index (χ4v) is 2.00. The van der Waals surface area contributed by atoms with Crippen LogP contribution in [0.25, 0.3) is 0 Å². The number of nitriles is 1. The second-order valence-electron chi connectivity index (χ2n) is 2.75. The van der Waals surface area contributed by atoms with Crippen LogP contribution >= 0.6 is 22.6 Å². The number of esters is 1. The lowest BCUT2D eigenvalue weighted by Crippen LogP contribution is -2.03. The summed E-state index contributed by atoms with van der Waals surface area (Å²) in [7, 11) is 1.34. The maximum absolute atomic E-state index is 11.2. The van der Waals surface area contributed by atoms with E-state index in [4.69, 9.17) is 5.26 Å². The Kier molecular flexibility index (Phi) is 3.47. The van der Waals surface area contributed by atoms with Crippen LogP contribution in [0.3, 0.4) is 0 Å². The van der Waals surface area contributed by atoms with Crippen molar-refractivity contribution in [1.29, 1.82) is 5.26 Å². The molecule has 0 saturated heterocycles. The molecule has 0 radical (unpaired) electrons. The fourth-order valence-electron chi connectivity index (χ4n) is 1.12. The molecular formula is C10H8INO2. The van der Waals surface area contributed by atoms with Crippen molar-refractivity contribution in [3.8, 4) is 6.07 Å². The van der Waals surface area contributed by atoms with Gasteiger partial charge in [0.1, 0.15) is 6.07 Å². The lowest BCUT2D eigenvalue weighted by atomic mass is 10.1. The monoisotopic (exact) mass is 301 g/mol. The van der Waals surface area contributed by atoms with Crippen LogP contribution in [0.2, 0.25) is 0 Å². The predicted octanol–water partition coefficient (Wildman–Crippen LogP) is 2.26. The molecule has 1 aromatic rings. The van der Waals surface area contributed by atoms with Gasteiger partial charge in [0.05, 0.1) is 18.2 Å². The molecule has 0 aliphatic heterocycles. The molecule has 72 valence electrons.